The van der Waals surface area contributed by atoms with Crippen molar-refractivity contribution in [2.75, 3.05) is 6.61 Å². The molecule has 0 aromatic rings. The van der Waals surface area contributed by atoms with Crippen LogP contribution >= 0.6 is 0 Å². The lowest BCUT2D eigenvalue weighted by atomic mass is 10.0. The Balaban J connectivity index is 3.65. The lowest BCUT2D eigenvalue weighted by Gasteiger charge is -2.16. The Morgan fingerprint density at radius 2 is 1.93 bits per heavy atom. The first-order valence-electron chi connectivity index (χ1n) is 5.91. The van der Waals surface area contributed by atoms with E-state index in [0.29, 0.717) is 12.5 Å². The van der Waals surface area contributed by atoms with Crippen LogP contribution in [-0.4, -0.2) is 18.6 Å². The highest BCUT2D eigenvalue weighted by atomic mass is 16.5. The highest BCUT2D eigenvalue weighted by Gasteiger charge is 2.20. The number of esters is 1. The van der Waals surface area contributed by atoms with E-state index >= 15 is 0 Å². The first-order chi connectivity index (χ1) is 6.99. The summed E-state index contributed by atoms with van der Waals surface area (Å²) in [6, 6.07) is -0.464. The fourth-order valence-corrected chi connectivity index (χ4v) is 1.25. The van der Waals surface area contributed by atoms with Crippen molar-refractivity contribution >= 4 is 5.97 Å². The number of carbonyl (C=O) groups is 1. The lowest BCUT2D eigenvalue weighted by Crippen LogP contribution is -2.38. The van der Waals surface area contributed by atoms with E-state index in [0.717, 1.165) is 19.3 Å². The number of nitrogens with two attached hydrogens (primary N) is 1. The molecular weight excluding hydrogens is 190 g/mol. The standard InChI is InChI=1S/C12H25NO2/c1-5-10(4)11(13)12(14)15-8-6-7-9(2)3/h9-11H,5-8,13H2,1-4H3. The van der Waals surface area contributed by atoms with E-state index in [9.17, 15) is 4.79 Å². The van der Waals surface area contributed by atoms with Crippen LogP contribution in [0.3, 0.4) is 0 Å². The lowest BCUT2D eigenvalue weighted by molar-refractivity contribution is -0.146. The Kier molecular flexibility index (Phi) is 7.39. The summed E-state index contributed by atoms with van der Waals surface area (Å²) in [5.74, 6) is 0.600. The van der Waals surface area contributed by atoms with Crippen LogP contribution in [0.2, 0.25) is 0 Å². The highest BCUT2D eigenvalue weighted by Crippen LogP contribution is 2.08. The maximum Gasteiger partial charge on any atom is 0.323 e. The van der Waals surface area contributed by atoms with Crippen LogP contribution in [0.4, 0.5) is 0 Å². The van der Waals surface area contributed by atoms with Crippen LogP contribution in [0.1, 0.15) is 47.0 Å². The van der Waals surface area contributed by atoms with Gasteiger partial charge in [-0.1, -0.05) is 34.1 Å². The molecule has 0 saturated heterocycles. The second kappa shape index (κ2) is 7.69. The first-order valence-corrected chi connectivity index (χ1v) is 5.91. The Morgan fingerprint density at radius 3 is 2.40 bits per heavy atom. The molecule has 0 radical (unpaired) electrons. The van der Waals surface area contributed by atoms with Crippen LogP contribution in [-0.2, 0) is 9.53 Å². The monoisotopic (exact) mass is 215 g/mol. The predicted octanol–water partition coefficient (Wildman–Crippen LogP) is 2.34. The van der Waals surface area contributed by atoms with Gasteiger partial charge < -0.3 is 10.5 Å². The van der Waals surface area contributed by atoms with Gasteiger partial charge >= 0.3 is 5.97 Å². The molecule has 0 saturated carbocycles. The Bertz CT molecular complexity index is 180. The van der Waals surface area contributed by atoms with Gasteiger partial charge in [0.1, 0.15) is 6.04 Å². The van der Waals surface area contributed by atoms with Crippen LogP contribution < -0.4 is 5.73 Å². The fourth-order valence-electron chi connectivity index (χ4n) is 1.25. The van der Waals surface area contributed by atoms with E-state index in [-0.39, 0.29) is 11.9 Å². The van der Waals surface area contributed by atoms with Crippen molar-refractivity contribution in [1.82, 2.24) is 0 Å². The molecule has 2 unspecified atom stereocenters. The van der Waals surface area contributed by atoms with Crippen LogP contribution in [0.5, 0.6) is 0 Å². The summed E-state index contributed by atoms with van der Waals surface area (Å²) in [6.45, 7) is 8.82. The van der Waals surface area contributed by atoms with Crippen LogP contribution in [0, 0.1) is 11.8 Å². The molecule has 15 heavy (non-hydrogen) atoms. The quantitative estimate of drug-likeness (QED) is 0.524. The van der Waals surface area contributed by atoms with Gasteiger partial charge in [0.2, 0.25) is 0 Å². The van der Waals surface area contributed by atoms with Crippen molar-refractivity contribution in [3.63, 3.8) is 0 Å². The molecule has 90 valence electrons. The van der Waals surface area contributed by atoms with E-state index in [1.807, 2.05) is 13.8 Å². The fraction of sp³-hybridized carbons (Fsp3) is 0.917. The molecule has 0 aromatic carbocycles. The summed E-state index contributed by atoms with van der Waals surface area (Å²) in [7, 11) is 0. The highest BCUT2D eigenvalue weighted by molar-refractivity contribution is 5.75. The number of hydrogen-bond donors (Lipinski definition) is 1. The molecule has 0 aliphatic rings. The van der Waals surface area contributed by atoms with Crippen molar-refractivity contribution in [3.8, 4) is 0 Å². The van der Waals surface area contributed by atoms with Crippen molar-refractivity contribution in [2.45, 2.75) is 53.0 Å². The van der Waals surface area contributed by atoms with Gasteiger partial charge in [0.05, 0.1) is 6.61 Å². The molecule has 3 heteroatoms. The summed E-state index contributed by atoms with van der Waals surface area (Å²) in [5.41, 5.74) is 5.74. The topological polar surface area (TPSA) is 52.3 Å². The van der Waals surface area contributed by atoms with Crippen LogP contribution in [0.25, 0.3) is 0 Å². The van der Waals surface area contributed by atoms with E-state index < -0.39 is 6.04 Å². The summed E-state index contributed by atoms with van der Waals surface area (Å²) in [6.07, 6.45) is 2.92. The average Bonchev–Trinajstić information content (AvgIpc) is 2.21. The number of ether oxygens (including phenoxy) is 1. The van der Waals surface area contributed by atoms with Crippen molar-refractivity contribution in [1.29, 1.82) is 0 Å². The van der Waals surface area contributed by atoms with Crippen molar-refractivity contribution < 1.29 is 9.53 Å². The van der Waals surface area contributed by atoms with Gasteiger partial charge in [-0.25, -0.2) is 0 Å². The minimum Gasteiger partial charge on any atom is -0.465 e. The summed E-state index contributed by atoms with van der Waals surface area (Å²) >= 11 is 0. The van der Waals surface area contributed by atoms with E-state index in [4.69, 9.17) is 10.5 Å². The summed E-state index contributed by atoms with van der Waals surface area (Å²) < 4.78 is 5.11. The van der Waals surface area contributed by atoms with Gasteiger partial charge in [-0.3, -0.25) is 4.79 Å². The largest absolute Gasteiger partial charge is 0.465 e. The molecular formula is C12H25NO2. The van der Waals surface area contributed by atoms with Gasteiger partial charge in [-0.2, -0.15) is 0 Å². The second-order valence-electron chi connectivity index (χ2n) is 4.61. The molecule has 2 atom stereocenters. The van der Waals surface area contributed by atoms with Gasteiger partial charge in [-0.15, -0.1) is 0 Å². The second-order valence-corrected chi connectivity index (χ2v) is 4.61. The zero-order valence-corrected chi connectivity index (χ0v) is 10.5. The SMILES string of the molecule is CCC(C)C(N)C(=O)OCCCC(C)C. The Morgan fingerprint density at radius 1 is 1.33 bits per heavy atom. The molecule has 0 bridgehead atoms. The normalized spacial score (nSPS) is 15.1. The minimum absolute atomic E-state index is 0.197. The van der Waals surface area contributed by atoms with Gasteiger partial charge in [0, 0.05) is 0 Å². The average molecular weight is 215 g/mol. The zero-order chi connectivity index (χ0) is 11.8. The molecule has 0 aliphatic carbocycles. The molecule has 3 nitrogen and oxygen atoms in total. The molecule has 0 spiro atoms. The third kappa shape index (κ3) is 6.50. The number of hydrogen-bond acceptors (Lipinski definition) is 3. The molecule has 0 aliphatic heterocycles. The van der Waals surface area contributed by atoms with Crippen molar-refractivity contribution in [2.24, 2.45) is 17.6 Å². The van der Waals surface area contributed by atoms with Crippen LogP contribution in [0.15, 0.2) is 0 Å². The first kappa shape index (κ1) is 14.4. The molecule has 0 amide bonds. The summed E-state index contributed by atoms with van der Waals surface area (Å²) in [4.78, 5) is 11.4. The number of rotatable bonds is 7. The van der Waals surface area contributed by atoms with E-state index in [1.165, 1.54) is 0 Å². The molecule has 2 N–H and O–H groups in total. The predicted molar refractivity (Wildman–Crippen MR) is 62.5 cm³/mol. The zero-order valence-electron chi connectivity index (χ0n) is 10.5. The number of carbonyl (C=O) groups excluding carboxylic acids is 1. The van der Waals surface area contributed by atoms with E-state index in [2.05, 4.69) is 13.8 Å². The Labute approximate surface area is 93.4 Å². The third-order valence-electron chi connectivity index (χ3n) is 2.70. The maximum atomic E-state index is 11.4. The molecule has 0 aromatic heterocycles. The van der Waals surface area contributed by atoms with Gasteiger partial charge in [0.15, 0.2) is 0 Å². The van der Waals surface area contributed by atoms with Gasteiger partial charge in [0.25, 0.3) is 0 Å². The summed E-state index contributed by atoms with van der Waals surface area (Å²) in [5, 5.41) is 0. The third-order valence-corrected chi connectivity index (χ3v) is 2.70. The molecule has 0 fully saturated rings. The molecule has 0 heterocycles. The maximum absolute atomic E-state index is 11.4. The van der Waals surface area contributed by atoms with Crippen molar-refractivity contribution in [3.05, 3.63) is 0 Å². The van der Waals surface area contributed by atoms with Gasteiger partial charge in [-0.05, 0) is 24.7 Å². The minimum atomic E-state index is -0.464. The molecule has 0 rings (SSSR count). The smallest absolute Gasteiger partial charge is 0.323 e. The van der Waals surface area contributed by atoms with E-state index in [1.54, 1.807) is 0 Å². The Hall–Kier alpha value is -0.570.